The number of nitrogens with one attached hydrogen (secondary N) is 1. The van der Waals surface area contributed by atoms with Gasteiger partial charge in [-0.1, -0.05) is 11.6 Å². The van der Waals surface area contributed by atoms with E-state index < -0.39 is 0 Å². The molecule has 0 atom stereocenters. The summed E-state index contributed by atoms with van der Waals surface area (Å²) in [5.41, 5.74) is 6.99. The van der Waals surface area contributed by atoms with E-state index in [1.807, 2.05) is 24.3 Å². The number of aromatic nitrogens is 2. The summed E-state index contributed by atoms with van der Waals surface area (Å²) in [6, 6.07) is 7.41. The first-order valence-corrected chi connectivity index (χ1v) is 5.68. The van der Waals surface area contributed by atoms with Gasteiger partial charge in [0.1, 0.15) is 17.3 Å². The average Bonchev–Trinajstić information content (AvgIpc) is 2.36. The van der Waals surface area contributed by atoms with Gasteiger partial charge in [0.2, 0.25) is 0 Å². The van der Waals surface area contributed by atoms with Crippen molar-refractivity contribution in [3.05, 3.63) is 35.2 Å². The minimum absolute atomic E-state index is 0.249. The molecule has 0 spiro atoms. The van der Waals surface area contributed by atoms with Crippen molar-refractivity contribution >= 4 is 28.8 Å². The van der Waals surface area contributed by atoms with Gasteiger partial charge in [-0.2, -0.15) is 0 Å². The van der Waals surface area contributed by atoms with Crippen LogP contribution in [0.4, 0.5) is 17.2 Å². The van der Waals surface area contributed by atoms with Gasteiger partial charge < -0.3 is 15.8 Å². The lowest BCUT2D eigenvalue weighted by Gasteiger charge is -2.10. The highest BCUT2D eigenvalue weighted by Crippen LogP contribution is 2.27. The zero-order chi connectivity index (χ0) is 13.1. The highest BCUT2D eigenvalue weighted by Gasteiger charge is 2.08. The summed E-state index contributed by atoms with van der Waals surface area (Å²) in [5, 5.41) is 3.34. The first-order chi connectivity index (χ1) is 8.60. The highest BCUT2D eigenvalue weighted by molar-refractivity contribution is 6.32. The normalized spacial score (nSPS) is 10.2. The number of aryl methyl sites for hydroxylation is 1. The lowest BCUT2D eigenvalue weighted by atomic mass is 10.3. The lowest BCUT2D eigenvalue weighted by molar-refractivity contribution is 0.415. The fourth-order valence-corrected chi connectivity index (χ4v) is 1.67. The van der Waals surface area contributed by atoms with Crippen LogP contribution in [-0.2, 0) is 0 Å². The van der Waals surface area contributed by atoms with Gasteiger partial charge in [-0.25, -0.2) is 9.97 Å². The number of halogens is 1. The summed E-state index contributed by atoms with van der Waals surface area (Å²) in [4.78, 5) is 8.18. The fraction of sp³-hybridized carbons (Fsp3) is 0.167. The molecule has 0 aliphatic rings. The number of ether oxygens (including phenoxy) is 1. The zero-order valence-corrected chi connectivity index (χ0v) is 10.8. The van der Waals surface area contributed by atoms with Gasteiger partial charge in [0.25, 0.3) is 0 Å². The molecule has 2 rings (SSSR count). The zero-order valence-electron chi connectivity index (χ0n) is 10.1. The molecule has 0 aliphatic carbocycles. The fourth-order valence-electron chi connectivity index (χ4n) is 1.45. The Morgan fingerprint density at radius 1 is 1.22 bits per heavy atom. The van der Waals surface area contributed by atoms with E-state index in [-0.39, 0.29) is 5.15 Å². The molecule has 18 heavy (non-hydrogen) atoms. The van der Waals surface area contributed by atoms with Gasteiger partial charge in [-0.15, -0.1) is 0 Å². The van der Waals surface area contributed by atoms with Crippen LogP contribution >= 0.6 is 11.6 Å². The lowest BCUT2D eigenvalue weighted by Crippen LogP contribution is -2.03. The van der Waals surface area contributed by atoms with Crippen molar-refractivity contribution in [3.63, 3.8) is 0 Å². The monoisotopic (exact) mass is 264 g/mol. The smallest absolute Gasteiger partial charge is 0.158 e. The molecule has 0 radical (unpaired) electrons. The van der Waals surface area contributed by atoms with Gasteiger partial charge in [0.05, 0.1) is 7.11 Å². The molecule has 0 fully saturated rings. The van der Waals surface area contributed by atoms with Crippen molar-refractivity contribution in [2.45, 2.75) is 6.92 Å². The molecule has 6 heteroatoms. The standard InChI is InChI=1S/C12H13ClN4O/c1-7-15-11(13)10(14)12(16-7)17-8-3-5-9(18-2)6-4-8/h3-6H,14H2,1-2H3,(H,15,16,17). The number of nitrogens with two attached hydrogens (primary N) is 1. The number of hydrogen-bond acceptors (Lipinski definition) is 5. The number of rotatable bonds is 3. The van der Waals surface area contributed by atoms with E-state index in [1.165, 1.54) is 0 Å². The van der Waals surface area contributed by atoms with Crippen molar-refractivity contribution in [1.82, 2.24) is 9.97 Å². The largest absolute Gasteiger partial charge is 0.497 e. The number of methoxy groups -OCH3 is 1. The second kappa shape index (κ2) is 5.10. The molecule has 1 aromatic carbocycles. The number of benzene rings is 1. The summed E-state index contributed by atoms with van der Waals surface area (Å²) in [6.07, 6.45) is 0. The van der Waals surface area contributed by atoms with Crippen LogP contribution in [0.25, 0.3) is 0 Å². The molecule has 0 unspecified atom stereocenters. The topological polar surface area (TPSA) is 73.1 Å². The second-order valence-electron chi connectivity index (χ2n) is 3.68. The maximum atomic E-state index is 5.90. The molecule has 2 aromatic rings. The number of nitrogens with zero attached hydrogens (tertiary/aromatic N) is 2. The minimum atomic E-state index is 0.249. The molecule has 1 aromatic heterocycles. The van der Waals surface area contributed by atoms with Crippen LogP contribution in [0, 0.1) is 6.92 Å². The van der Waals surface area contributed by atoms with Crippen molar-refractivity contribution in [3.8, 4) is 5.75 Å². The minimum Gasteiger partial charge on any atom is -0.497 e. The molecule has 0 aliphatic heterocycles. The van der Waals surface area contributed by atoms with Crippen molar-refractivity contribution in [2.75, 3.05) is 18.2 Å². The molecule has 0 saturated heterocycles. The van der Waals surface area contributed by atoms with Gasteiger partial charge in [-0.3, -0.25) is 0 Å². The Morgan fingerprint density at radius 3 is 2.50 bits per heavy atom. The number of anilines is 3. The SMILES string of the molecule is COc1ccc(Nc2nc(C)nc(Cl)c2N)cc1. The Labute approximate surface area is 110 Å². The maximum Gasteiger partial charge on any atom is 0.158 e. The van der Waals surface area contributed by atoms with E-state index >= 15 is 0 Å². The summed E-state index contributed by atoms with van der Waals surface area (Å²) in [5.74, 6) is 1.84. The molecule has 3 N–H and O–H groups in total. The van der Waals surface area contributed by atoms with E-state index in [0.29, 0.717) is 17.3 Å². The third-order valence-electron chi connectivity index (χ3n) is 2.36. The number of nitrogen functional groups attached to an aromatic ring is 1. The molecular weight excluding hydrogens is 252 g/mol. The van der Waals surface area contributed by atoms with Crippen molar-refractivity contribution in [2.24, 2.45) is 0 Å². The van der Waals surface area contributed by atoms with E-state index in [9.17, 15) is 0 Å². The Kier molecular flexibility index (Phi) is 3.53. The van der Waals surface area contributed by atoms with E-state index in [4.69, 9.17) is 22.1 Å². The molecule has 1 heterocycles. The molecule has 5 nitrogen and oxygen atoms in total. The van der Waals surface area contributed by atoms with E-state index in [0.717, 1.165) is 11.4 Å². The van der Waals surface area contributed by atoms with E-state index in [1.54, 1.807) is 14.0 Å². The van der Waals surface area contributed by atoms with Crippen LogP contribution in [0.5, 0.6) is 5.75 Å². The van der Waals surface area contributed by atoms with Crippen LogP contribution in [0.15, 0.2) is 24.3 Å². The van der Waals surface area contributed by atoms with Crippen LogP contribution in [-0.4, -0.2) is 17.1 Å². The molecule has 0 saturated carbocycles. The quantitative estimate of drug-likeness (QED) is 0.834. The molecular formula is C12H13ClN4O. The summed E-state index contributed by atoms with van der Waals surface area (Å²) in [7, 11) is 1.62. The Hall–Kier alpha value is -2.01. The predicted octanol–water partition coefficient (Wildman–Crippen LogP) is 2.77. The summed E-state index contributed by atoms with van der Waals surface area (Å²) < 4.78 is 5.08. The first kappa shape index (κ1) is 12.4. The third kappa shape index (κ3) is 2.62. The highest BCUT2D eigenvalue weighted by atomic mass is 35.5. The van der Waals surface area contributed by atoms with Crippen LogP contribution in [0.1, 0.15) is 5.82 Å². The van der Waals surface area contributed by atoms with Crippen molar-refractivity contribution in [1.29, 1.82) is 0 Å². The first-order valence-electron chi connectivity index (χ1n) is 5.31. The number of hydrogen-bond donors (Lipinski definition) is 2. The Balaban J connectivity index is 2.27. The van der Waals surface area contributed by atoms with Gasteiger partial charge in [-0.05, 0) is 31.2 Å². The van der Waals surface area contributed by atoms with Gasteiger partial charge >= 0.3 is 0 Å². The summed E-state index contributed by atoms with van der Waals surface area (Å²) >= 11 is 5.90. The average molecular weight is 265 g/mol. The third-order valence-corrected chi connectivity index (χ3v) is 2.65. The Morgan fingerprint density at radius 2 is 1.89 bits per heavy atom. The summed E-state index contributed by atoms with van der Waals surface area (Å²) in [6.45, 7) is 1.75. The van der Waals surface area contributed by atoms with Gasteiger partial charge in [0.15, 0.2) is 11.0 Å². The predicted molar refractivity (Wildman–Crippen MR) is 72.5 cm³/mol. The van der Waals surface area contributed by atoms with Crippen LogP contribution in [0.2, 0.25) is 5.15 Å². The maximum absolute atomic E-state index is 5.90. The Bertz CT molecular complexity index is 557. The van der Waals surface area contributed by atoms with Gasteiger partial charge in [0, 0.05) is 5.69 Å². The van der Waals surface area contributed by atoms with Crippen molar-refractivity contribution < 1.29 is 4.74 Å². The molecule has 0 amide bonds. The van der Waals surface area contributed by atoms with Crippen LogP contribution in [0.3, 0.4) is 0 Å². The molecule has 94 valence electrons. The molecule has 0 bridgehead atoms. The second-order valence-corrected chi connectivity index (χ2v) is 4.04. The van der Waals surface area contributed by atoms with Crippen LogP contribution < -0.4 is 15.8 Å². The van der Waals surface area contributed by atoms with E-state index in [2.05, 4.69) is 15.3 Å².